The van der Waals surface area contributed by atoms with Gasteiger partial charge in [0.15, 0.2) is 5.82 Å². The first kappa shape index (κ1) is 24.8. The molecule has 0 unspecified atom stereocenters. The Morgan fingerprint density at radius 3 is 2.39 bits per heavy atom. The van der Waals surface area contributed by atoms with E-state index in [1.165, 1.54) is 18.4 Å². The van der Waals surface area contributed by atoms with Gasteiger partial charge in [0.05, 0.1) is 17.4 Å². The molecular weight excluding hydrogens is 497 g/mol. The van der Waals surface area contributed by atoms with Gasteiger partial charge >= 0.3 is 0 Å². The minimum atomic E-state index is -0.165. The highest BCUT2D eigenvalue weighted by atomic mass is 35.5. The molecule has 3 heterocycles. The van der Waals surface area contributed by atoms with E-state index in [1.54, 1.807) is 24.4 Å². The van der Waals surface area contributed by atoms with Crippen molar-refractivity contribution in [1.82, 2.24) is 19.8 Å². The van der Waals surface area contributed by atoms with Crippen LogP contribution < -0.4 is 10.5 Å². The van der Waals surface area contributed by atoms with Gasteiger partial charge in [-0.1, -0.05) is 53.5 Å². The number of aromatic nitrogens is 2. The Morgan fingerprint density at radius 2 is 1.69 bits per heavy atom. The molecule has 0 bridgehead atoms. The zero-order valence-electron chi connectivity index (χ0n) is 20.0. The van der Waals surface area contributed by atoms with Crippen LogP contribution in [0.4, 0.5) is 5.82 Å². The fraction of sp³-hybridized carbons (Fsp3) is 0.370. The van der Waals surface area contributed by atoms with Gasteiger partial charge in [0.25, 0.3) is 5.88 Å². The van der Waals surface area contributed by atoms with E-state index in [4.69, 9.17) is 38.7 Å². The number of amides is 1. The molecule has 5 rings (SSSR count). The fourth-order valence-corrected chi connectivity index (χ4v) is 5.95. The highest BCUT2D eigenvalue weighted by Crippen LogP contribution is 2.44. The van der Waals surface area contributed by atoms with Crippen molar-refractivity contribution in [3.8, 4) is 17.1 Å². The van der Waals surface area contributed by atoms with Gasteiger partial charge in [0.1, 0.15) is 6.61 Å². The van der Waals surface area contributed by atoms with Gasteiger partial charge < -0.3 is 15.4 Å². The quantitative estimate of drug-likeness (QED) is 0.429. The number of nitrogens with two attached hydrogens (primary N) is 1. The Bertz CT molecular complexity index is 1220. The van der Waals surface area contributed by atoms with Crippen molar-refractivity contribution in [2.45, 2.75) is 37.8 Å². The molecule has 2 fully saturated rings. The Labute approximate surface area is 221 Å². The maximum absolute atomic E-state index is 11.4. The average molecular weight is 526 g/mol. The van der Waals surface area contributed by atoms with Crippen LogP contribution in [-0.4, -0.2) is 52.4 Å². The molecule has 0 atom stereocenters. The standard InChI is InChI=1S/C27H29Cl2N5O2/c28-22-8-5-9-23(29)20(22)17-36-26-25(30)31-16-24(32-26)19-6-1-2-7-21(19)27(34-12-3-4-13-34)10-14-33(18-35)15-11-27/h1-2,5-9,16,18H,3-4,10-15,17H2,(H2,30,31). The van der Waals surface area contributed by atoms with Crippen LogP contribution in [0.2, 0.25) is 10.0 Å². The van der Waals surface area contributed by atoms with Gasteiger partial charge in [-0.15, -0.1) is 0 Å². The third kappa shape index (κ3) is 4.75. The number of hydrogen-bond donors (Lipinski definition) is 1. The zero-order chi connectivity index (χ0) is 25.1. The number of piperidine rings is 1. The number of nitrogens with zero attached hydrogens (tertiary/aromatic N) is 4. The second-order valence-corrected chi connectivity index (χ2v) is 10.2. The molecule has 2 aromatic carbocycles. The Morgan fingerprint density at radius 1 is 1.00 bits per heavy atom. The topological polar surface area (TPSA) is 84.6 Å². The van der Waals surface area contributed by atoms with Gasteiger partial charge in [0.2, 0.25) is 6.41 Å². The summed E-state index contributed by atoms with van der Waals surface area (Å²) >= 11 is 12.6. The third-order valence-corrected chi connectivity index (χ3v) is 8.08. The maximum Gasteiger partial charge on any atom is 0.258 e. The molecule has 7 nitrogen and oxygen atoms in total. The van der Waals surface area contributed by atoms with Crippen LogP contribution in [0.15, 0.2) is 48.7 Å². The summed E-state index contributed by atoms with van der Waals surface area (Å²) in [6.07, 6.45) is 6.78. The Balaban J connectivity index is 1.50. The van der Waals surface area contributed by atoms with E-state index in [9.17, 15) is 4.79 Å². The van der Waals surface area contributed by atoms with E-state index in [0.29, 0.717) is 21.3 Å². The first-order valence-corrected chi connectivity index (χ1v) is 13.0. The first-order valence-electron chi connectivity index (χ1n) is 12.2. The van der Waals surface area contributed by atoms with Crippen molar-refractivity contribution in [1.29, 1.82) is 0 Å². The summed E-state index contributed by atoms with van der Waals surface area (Å²) in [6.45, 7) is 3.69. The molecule has 2 aliphatic rings. The Kier molecular flexibility index (Phi) is 7.32. The number of carbonyl (C=O) groups excluding carboxylic acids is 1. The number of hydrogen-bond acceptors (Lipinski definition) is 6. The fourth-order valence-electron chi connectivity index (χ4n) is 5.44. The van der Waals surface area contributed by atoms with Crippen molar-refractivity contribution in [3.63, 3.8) is 0 Å². The third-order valence-electron chi connectivity index (χ3n) is 7.37. The number of benzene rings is 2. The van der Waals surface area contributed by atoms with E-state index in [0.717, 1.165) is 51.0 Å². The monoisotopic (exact) mass is 525 g/mol. The van der Waals surface area contributed by atoms with Gasteiger partial charge in [-0.25, -0.2) is 9.97 Å². The SMILES string of the molecule is Nc1ncc(-c2ccccc2C2(N3CCCC3)CCN(C=O)CC2)nc1OCc1c(Cl)cccc1Cl. The van der Waals surface area contributed by atoms with Crippen molar-refractivity contribution < 1.29 is 9.53 Å². The lowest BCUT2D eigenvalue weighted by molar-refractivity contribution is -0.120. The summed E-state index contributed by atoms with van der Waals surface area (Å²) in [5, 5.41) is 1.04. The highest BCUT2D eigenvalue weighted by molar-refractivity contribution is 6.35. The molecule has 36 heavy (non-hydrogen) atoms. The lowest BCUT2D eigenvalue weighted by atomic mass is 9.77. The van der Waals surface area contributed by atoms with Crippen molar-refractivity contribution >= 4 is 35.4 Å². The minimum Gasteiger partial charge on any atom is -0.470 e. The predicted molar refractivity (Wildman–Crippen MR) is 142 cm³/mol. The van der Waals surface area contributed by atoms with Gasteiger partial charge in [-0.3, -0.25) is 9.69 Å². The molecule has 0 saturated carbocycles. The molecule has 1 aromatic heterocycles. The maximum atomic E-state index is 11.4. The van der Waals surface area contributed by atoms with Crippen LogP contribution >= 0.6 is 23.2 Å². The summed E-state index contributed by atoms with van der Waals surface area (Å²) < 4.78 is 5.96. The molecule has 3 aromatic rings. The van der Waals surface area contributed by atoms with Gasteiger partial charge in [0, 0.05) is 34.3 Å². The van der Waals surface area contributed by atoms with Crippen LogP contribution in [0.5, 0.6) is 5.88 Å². The molecule has 2 aliphatic heterocycles. The molecule has 1 amide bonds. The van der Waals surface area contributed by atoms with Crippen LogP contribution in [0.3, 0.4) is 0 Å². The molecule has 0 spiro atoms. The predicted octanol–water partition coefficient (Wildman–Crippen LogP) is 5.15. The number of likely N-dealkylation sites (tertiary alicyclic amines) is 2. The number of anilines is 1. The van der Waals surface area contributed by atoms with Gasteiger partial charge in [-0.05, 0) is 56.5 Å². The normalized spacial score (nSPS) is 17.8. The van der Waals surface area contributed by atoms with E-state index >= 15 is 0 Å². The summed E-state index contributed by atoms with van der Waals surface area (Å²) in [6, 6.07) is 13.7. The first-order chi connectivity index (χ1) is 17.5. The number of nitrogen functional groups attached to an aromatic ring is 1. The van der Waals surface area contributed by atoms with E-state index in [-0.39, 0.29) is 23.8 Å². The van der Waals surface area contributed by atoms with Crippen molar-refractivity contribution in [3.05, 3.63) is 69.8 Å². The number of carbonyl (C=O) groups is 1. The van der Waals surface area contributed by atoms with E-state index in [1.807, 2.05) is 11.0 Å². The number of rotatable bonds is 7. The van der Waals surface area contributed by atoms with Crippen LogP contribution in [0.25, 0.3) is 11.3 Å². The molecule has 2 N–H and O–H groups in total. The van der Waals surface area contributed by atoms with Crippen molar-refractivity contribution in [2.75, 3.05) is 31.9 Å². The zero-order valence-corrected chi connectivity index (χ0v) is 21.5. The largest absolute Gasteiger partial charge is 0.470 e. The van der Waals surface area contributed by atoms with Crippen LogP contribution in [-0.2, 0) is 16.9 Å². The summed E-state index contributed by atoms with van der Waals surface area (Å²) in [5.41, 5.74) is 9.53. The Hall–Kier alpha value is -2.87. The molecule has 2 saturated heterocycles. The molecular formula is C27H29Cl2N5O2. The summed E-state index contributed by atoms with van der Waals surface area (Å²) in [4.78, 5) is 25.1. The van der Waals surface area contributed by atoms with Crippen LogP contribution in [0, 0.1) is 0 Å². The second kappa shape index (κ2) is 10.6. The summed E-state index contributed by atoms with van der Waals surface area (Å²) in [7, 11) is 0. The van der Waals surface area contributed by atoms with E-state index in [2.05, 4.69) is 28.1 Å². The molecule has 0 radical (unpaired) electrons. The van der Waals surface area contributed by atoms with E-state index < -0.39 is 0 Å². The lowest BCUT2D eigenvalue weighted by Crippen LogP contribution is -2.52. The average Bonchev–Trinajstić information content (AvgIpc) is 3.45. The number of halogens is 2. The summed E-state index contributed by atoms with van der Waals surface area (Å²) in [5.74, 6) is 0.442. The minimum absolute atomic E-state index is 0.127. The molecule has 9 heteroatoms. The highest BCUT2D eigenvalue weighted by Gasteiger charge is 2.43. The lowest BCUT2D eigenvalue weighted by Gasteiger charge is -2.48. The van der Waals surface area contributed by atoms with Crippen molar-refractivity contribution in [2.24, 2.45) is 0 Å². The molecule has 0 aliphatic carbocycles. The molecule has 188 valence electrons. The smallest absolute Gasteiger partial charge is 0.258 e. The number of ether oxygens (including phenoxy) is 1. The second-order valence-electron chi connectivity index (χ2n) is 9.35. The van der Waals surface area contributed by atoms with Crippen LogP contribution in [0.1, 0.15) is 36.8 Å². The van der Waals surface area contributed by atoms with Gasteiger partial charge in [-0.2, -0.15) is 0 Å².